The third kappa shape index (κ3) is 3.94. The monoisotopic (exact) mass is 220 g/mol. The summed E-state index contributed by atoms with van der Waals surface area (Å²) in [6, 6.07) is 4.61. The standard InChI is InChI=1S/C14H17FO/c1-3-5-6-7-10-16-13-9-8-12(4-2)14(15)11-13/h2,8-9,11H,3,5-7,10H2,1H3. The molecule has 0 radical (unpaired) electrons. The van der Waals surface area contributed by atoms with Crippen molar-refractivity contribution in [1.82, 2.24) is 0 Å². The molecule has 86 valence electrons. The predicted octanol–water partition coefficient (Wildman–Crippen LogP) is 3.77. The molecule has 0 spiro atoms. The van der Waals surface area contributed by atoms with Crippen molar-refractivity contribution in [2.24, 2.45) is 0 Å². The van der Waals surface area contributed by atoms with Gasteiger partial charge in [-0.3, -0.25) is 0 Å². The Labute approximate surface area is 96.6 Å². The highest BCUT2D eigenvalue weighted by molar-refractivity contribution is 5.38. The third-order valence-electron chi connectivity index (χ3n) is 2.36. The first-order valence-corrected chi connectivity index (χ1v) is 5.67. The molecule has 1 aromatic rings. The van der Waals surface area contributed by atoms with E-state index in [1.54, 1.807) is 12.1 Å². The van der Waals surface area contributed by atoms with Gasteiger partial charge in [0.25, 0.3) is 0 Å². The number of hydrogen-bond acceptors (Lipinski definition) is 1. The number of unbranched alkanes of at least 4 members (excludes halogenated alkanes) is 3. The lowest BCUT2D eigenvalue weighted by molar-refractivity contribution is 0.303. The van der Waals surface area contributed by atoms with Gasteiger partial charge in [-0.1, -0.05) is 32.1 Å². The van der Waals surface area contributed by atoms with Crippen LogP contribution in [0.5, 0.6) is 5.75 Å². The summed E-state index contributed by atoms with van der Waals surface area (Å²) in [6.45, 7) is 2.80. The Balaban J connectivity index is 2.38. The van der Waals surface area contributed by atoms with Gasteiger partial charge in [-0.2, -0.15) is 0 Å². The van der Waals surface area contributed by atoms with Gasteiger partial charge in [0.15, 0.2) is 0 Å². The Kier molecular flexibility index (Phi) is 5.42. The van der Waals surface area contributed by atoms with Gasteiger partial charge in [-0.05, 0) is 18.6 Å². The Hall–Kier alpha value is -1.49. The maximum Gasteiger partial charge on any atom is 0.142 e. The second-order valence-electron chi connectivity index (χ2n) is 3.70. The van der Waals surface area contributed by atoms with Crippen LogP contribution >= 0.6 is 0 Å². The number of benzene rings is 1. The lowest BCUT2D eigenvalue weighted by atomic mass is 10.2. The number of halogens is 1. The van der Waals surface area contributed by atoms with Gasteiger partial charge < -0.3 is 4.74 Å². The van der Waals surface area contributed by atoms with Gasteiger partial charge in [0.05, 0.1) is 12.2 Å². The van der Waals surface area contributed by atoms with E-state index in [2.05, 4.69) is 12.8 Å². The molecule has 1 rings (SSSR count). The van der Waals surface area contributed by atoms with Crippen molar-refractivity contribution in [3.8, 4) is 18.1 Å². The summed E-state index contributed by atoms with van der Waals surface area (Å²) >= 11 is 0. The molecule has 0 fully saturated rings. The molecule has 0 aliphatic rings. The van der Waals surface area contributed by atoms with Crippen molar-refractivity contribution in [3.63, 3.8) is 0 Å². The Morgan fingerprint density at radius 1 is 1.31 bits per heavy atom. The molecule has 0 amide bonds. The van der Waals surface area contributed by atoms with Crippen LogP contribution in [0.15, 0.2) is 18.2 Å². The van der Waals surface area contributed by atoms with Crippen LogP contribution in [0.4, 0.5) is 4.39 Å². The average Bonchev–Trinajstić information content (AvgIpc) is 2.29. The maximum absolute atomic E-state index is 13.3. The molecule has 0 N–H and O–H groups in total. The van der Waals surface area contributed by atoms with Crippen LogP contribution in [-0.2, 0) is 0 Å². The van der Waals surface area contributed by atoms with E-state index in [0.29, 0.717) is 12.4 Å². The molecule has 2 heteroatoms. The summed E-state index contributed by atoms with van der Waals surface area (Å²) in [6.07, 6.45) is 9.70. The minimum absolute atomic E-state index is 0.276. The van der Waals surface area contributed by atoms with Gasteiger partial charge in [0.1, 0.15) is 11.6 Å². The van der Waals surface area contributed by atoms with E-state index in [9.17, 15) is 4.39 Å². The minimum Gasteiger partial charge on any atom is -0.493 e. The fourth-order valence-corrected chi connectivity index (χ4v) is 1.42. The second kappa shape index (κ2) is 6.90. The van der Waals surface area contributed by atoms with Crippen LogP contribution in [0.2, 0.25) is 0 Å². The predicted molar refractivity (Wildman–Crippen MR) is 64.0 cm³/mol. The number of hydrogen-bond donors (Lipinski definition) is 0. The molecule has 0 saturated heterocycles. The Morgan fingerprint density at radius 2 is 2.12 bits per heavy atom. The van der Waals surface area contributed by atoms with Gasteiger partial charge in [0, 0.05) is 6.07 Å². The molecular formula is C14H17FO. The highest BCUT2D eigenvalue weighted by Crippen LogP contribution is 2.16. The summed E-state index contributed by atoms with van der Waals surface area (Å²) in [7, 11) is 0. The highest BCUT2D eigenvalue weighted by atomic mass is 19.1. The van der Waals surface area contributed by atoms with E-state index in [-0.39, 0.29) is 5.56 Å². The van der Waals surface area contributed by atoms with Crippen LogP contribution in [0.25, 0.3) is 0 Å². The number of terminal acetylenes is 1. The van der Waals surface area contributed by atoms with E-state index in [1.807, 2.05) is 0 Å². The van der Waals surface area contributed by atoms with Gasteiger partial charge in [-0.25, -0.2) is 4.39 Å². The number of ether oxygens (including phenoxy) is 1. The molecule has 1 nitrogen and oxygen atoms in total. The lowest BCUT2D eigenvalue weighted by Crippen LogP contribution is -1.98. The normalized spacial score (nSPS) is 9.81. The van der Waals surface area contributed by atoms with Gasteiger partial charge in [-0.15, -0.1) is 6.42 Å². The molecule has 16 heavy (non-hydrogen) atoms. The van der Waals surface area contributed by atoms with E-state index < -0.39 is 5.82 Å². The largest absolute Gasteiger partial charge is 0.493 e. The highest BCUT2D eigenvalue weighted by Gasteiger charge is 2.01. The van der Waals surface area contributed by atoms with Gasteiger partial charge >= 0.3 is 0 Å². The molecule has 0 aromatic heterocycles. The van der Waals surface area contributed by atoms with E-state index in [1.165, 1.54) is 18.9 Å². The molecule has 0 aliphatic heterocycles. The van der Waals surface area contributed by atoms with Gasteiger partial charge in [0.2, 0.25) is 0 Å². The zero-order chi connectivity index (χ0) is 11.8. The van der Waals surface area contributed by atoms with Crippen LogP contribution in [-0.4, -0.2) is 6.61 Å². The quantitative estimate of drug-likeness (QED) is 0.524. The van der Waals surface area contributed by atoms with Crippen LogP contribution < -0.4 is 4.74 Å². The summed E-state index contributed by atoms with van der Waals surface area (Å²) < 4.78 is 18.7. The zero-order valence-electron chi connectivity index (χ0n) is 9.63. The SMILES string of the molecule is C#Cc1ccc(OCCCCCC)cc1F. The fraction of sp³-hybridized carbons (Fsp3) is 0.429. The first kappa shape index (κ1) is 12.6. The zero-order valence-corrected chi connectivity index (χ0v) is 9.63. The van der Waals surface area contributed by atoms with Crippen LogP contribution in [0, 0.1) is 18.2 Å². The smallest absolute Gasteiger partial charge is 0.142 e. The van der Waals surface area contributed by atoms with Crippen LogP contribution in [0.3, 0.4) is 0 Å². The van der Waals surface area contributed by atoms with Crippen molar-refractivity contribution in [2.75, 3.05) is 6.61 Å². The van der Waals surface area contributed by atoms with Crippen molar-refractivity contribution >= 4 is 0 Å². The molecule has 0 saturated carbocycles. The van der Waals surface area contributed by atoms with Crippen molar-refractivity contribution in [3.05, 3.63) is 29.6 Å². The minimum atomic E-state index is -0.395. The maximum atomic E-state index is 13.3. The van der Waals surface area contributed by atoms with Crippen molar-refractivity contribution in [2.45, 2.75) is 32.6 Å². The molecular weight excluding hydrogens is 203 g/mol. The fourth-order valence-electron chi connectivity index (χ4n) is 1.42. The van der Waals surface area contributed by atoms with E-state index in [0.717, 1.165) is 12.8 Å². The van der Waals surface area contributed by atoms with E-state index in [4.69, 9.17) is 11.2 Å². The van der Waals surface area contributed by atoms with E-state index >= 15 is 0 Å². The summed E-state index contributed by atoms with van der Waals surface area (Å²) in [5.41, 5.74) is 0.276. The number of rotatable bonds is 6. The average molecular weight is 220 g/mol. The summed E-state index contributed by atoms with van der Waals surface area (Å²) in [5, 5.41) is 0. The summed E-state index contributed by atoms with van der Waals surface area (Å²) in [5.74, 6) is 2.43. The molecule has 0 atom stereocenters. The topological polar surface area (TPSA) is 9.23 Å². The molecule has 0 bridgehead atoms. The second-order valence-corrected chi connectivity index (χ2v) is 3.70. The Bertz CT molecular complexity index is 365. The molecule has 0 heterocycles. The third-order valence-corrected chi connectivity index (χ3v) is 2.36. The Morgan fingerprint density at radius 3 is 2.75 bits per heavy atom. The van der Waals surface area contributed by atoms with Crippen molar-refractivity contribution < 1.29 is 9.13 Å². The molecule has 1 aromatic carbocycles. The van der Waals surface area contributed by atoms with Crippen molar-refractivity contribution in [1.29, 1.82) is 0 Å². The lowest BCUT2D eigenvalue weighted by Gasteiger charge is -2.06. The first-order valence-electron chi connectivity index (χ1n) is 5.67. The first-order chi connectivity index (χ1) is 7.77. The van der Waals surface area contributed by atoms with Crippen LogP contribution in [0.1, 0.15) is 38.2 Å². The molecule has 0 unspecified atom stereocenters. The molecule has 0 aliphatic carbocycles. The summed E-state index contributed by atoms with van der Waals surface area (Å²) in [4.78, 5) is 0.